The molecule has 1 aliphatic heterocycles. The second kappa shape index (κ2) is 9.90. The van der Waals surface area contributed by atoms with E-state index in [1.54, 1.807) is 25.4 Å². The van der Waals surface area contributed by atoms with Crippen LogP contribution < -0.4 is 26.0 Å². The van der Waals surface area contributed by atoms with Gasteiger partial charge < -0.3 is 26.0 Å². The molecule has 176 valence electrons. The number of hydrogen-bond donors (Lipinski definition) is 4. The van der Waals surface area contributed by atoms with Gasteiger partial charge in [-0.3, -0.25) is 0 Å². The van der Waals surface area contributed by atoms with E-state index in [-0.39, 0.29) is 6.03 Å². The van der Waals surface area contributed by atoms with Gasteiger partial charge in [-0.2, -0.15) is 4.98 Å². The molecule has 0 fully saturated rings. The van der Waals surface area contributed by atoms with Crippen LogP contribution in [-0.4, -0.2) is 23.1 Å². The zero-order valence-corrected chi connectivity index (χ0v) is 19.7. The molecule has 1 aromatic heterocycles. The molecule has 0 saturated carbocycles. The molecule has 3 aromatic carbocycles. The van der Waals surface area contributed by atoms with E-state index in [4.69, 9.17) is 16.3 Å². The molecule has 35 heavy (non-hydrogen) atoms. The van der Waals surface area contributed by atoms with Crippen molar-refractivity contribution in [3.05, 3.63) is 89.1 Å². The Balaban J connectivity index is 1.44. The zero-order valence-electron chi connectivity index (χ0n) is 18.9. The first-order valence-electron chi connectivity index (χ1n) is 11.1. The number of aromatic nitrogens is 2. The molecule has 2 amide bonds. The molecule has 0 atom stereocenters. The average molecular weight is 487 g/mol. The van der Waals surface area contributed by atoms with E-state index in [1.165, 1.54) is 0 Å². The first-order valence-corrected chi connectivity index (χ1v) is 11.4. The normalized spacial score (nSPS) is 12.1. The molecule has 0 aliphatic carbocycles. The van der Waals surface area contributed by atoms with Crippen LogP contribution in [-0.2, 0) is 12.8 Å². The molecule has 6 bridgehead atoms. The number of hydrogen-bond acceptors (Lipinski definition) is 6. The molecule has 8 nitrogen and oxygen atoms in total. The van der Waals surface area contributed by atoms with Crippen LogP contribution in [0.2, 0.25) is 5.02 Å². The molecule has 9 heteroatoms. The Morgan fingerprint density at radius 1 is 0.971 bits per heavy atom. The highest BCUT2D eigenvalue weighted by Gasteiger charge is 2.13. The molecule has 2 heterocycles. The van der Waals surface area contributed by atoms with Crippen LogP contribution >= 0.6 is 11.6 Å². The maximum atomic E-state index is 12.8. The summed E-state index contributed by atoms with van der Waals surface area (Å²) in [5.74, 6) is 1.60. The van der Waals surface area contributed by atoms with E-state index < -0.39 is 0 Å². The number of carbonyl (C=O) groups excluding carboxylic acids is 1. The second-order valence-corrected chi connectivity index (χ2v) is 8.43. The van der Waals surface area contributed by atoms with E-state index in [0.29, 0.717) is 34.6 Å². The summed E-state index contributed by atoms with van der Waals surface area (Å²) in [6, 6.07) is 20.7. The van der Waals surface area contributed by atoms with Crippen LogP contribution in [0.15, 0.2) is 72.9 Å². The first-order chi connectivity index (χ1) is 17.1. The number of anilines is 6. The quantitative estimate of drug-likeness (QED) is 0.268. The van der Waals surface area contributed by atoms with Crippen molar-refractivity contribution in [3.63, 3.8) is 0 Å². The number of nitrogens with one attached hydrogen (secondary N) is 4. The van der Waals surface area contributed by atoms with Crippen LogP contribution in [0, 0.1) is 0 Å². The second-order valence-electron chi connectivity index (χ2n) is 8.02. The lowest BCUT2D eigenvalue weighted by Crippen LogP contribution is -2.20. The highest BCUT2D eigenvalue weighted by molar-refractivity contribution is 6.32. The zero-order chi connectivity index (χ0) is 24.2. The average Bonchev–Trinajstić information content (AvgIpc) is 2.86. The number of methoxy groups -OCH3 is 1. The van der Waals surface area contributed by atoms with Crippen molar-refractivity contribution in [3.8, 4) is 5.75 Å². The van der Waals surface area contributed by atoms with E-state index in [2.05, 4.69) is 43.4 Å². The lowest BCUT2D eigenvalue weighted by molar-refractivity contribution is 0.262. The minimum atomic E-state index is -0.340. The smallest absolute Gasteiger partial charge is 0.323 e. The number of aryl methyl sites for hydroxylation is 2. The fourth-order valence-electron chi connectivity index (χ4n) is 3.85. The third kappa shape index (κ3) is 5.44. The van der Waals surface area contributed by atoms with Gasteiger partial charge in [-0.25, -0.2) is 9.78 Å². The van der Waals surface area contributed by atoms with E-state index in [9.17, 15) is 4.79 Å². The molecule has 0 saturated heterocycles. The molecular formula is C26H23ClN6O2. The highest BCUT2D eigenvalue weighted by Crippen LogP contribution is 2.29. The Morgan fingerprint density at radius 3 is 2.71 bits per heavy atom. The van der Waals surface area contributed by atoms with E-state index in [0.717, 1.165) is 34.6 Å². The minimum absolute atomic E-state index is 0.340. The maximum Gasteiger partial charge on any atom is 0.323 e. The van der Waals surface area contributed by atoms with Gasteiger partial charge in [-0.05, 0) is 66.4 Å². The summed E-state index contributed by atoms with van der Waals surface area (Å²) >= 11 is 6.34. The van der Waals surface area contributed by atoms with Crippen molar-refractivity contribution < 1.29 is 9.53 Å². The number of nitrogens with zero attached hydrogens (tertiary/aromatic N) is 2. The van der Waals surface area contributed by atoms with Crippen molar-refractivity contribution in [1.82, 2.24) is 9.97 Å². The molecule has 4 aromatic rings. The lowest BCUT2D eigenvalue weighted by atomic mass is 10.0. The minimum Gasteiger partial charge on any atom is -0.497 e. The van der Waals surface area contributed by atoms with Crippen molar-refractivity contribution >= 4 is 52.1 Å². The molecule has 0 spiro atoms. The lowest BCUT2D eigenvalue weighted by Gasteiger charge is -2.15. The Kier molecular flexibility index (Phi) is 6.36. The van der Waals surface area contributed by atoms with Gasteiger partial charge in [0.05, 0.1) is 13.3 Å². The monoisotopic (exact) mass is 486 g/mol. The van der Waals surface area contributed by atoms with Gasteiger partial charge in [0, 0.05) is 28.8 Å². The number of ether oxygens (including phenoxy) is 1. The Hall–Kier alpha value is -4.30. The van der Waals surface area contributed by atoms with Gasteiger partial charge in [-0.1, -0.05) is 29.8 Å². The van der Waals surface area contributed by atoms with Gasteiger partial charge in [0.1, 0.15) is 10.8 Å². The molecule has 4 N–H and O–H groups in total. The Bertz CT molecular complexity index is 1390. The number of halogens is 1. The predicted octanol–water partition coefficient (Wildman–Crippen LogP) is 6.37. The van der Waals surface area contributed by atoms with Crippen molar-refractivity contribution in [1.29, 1.82) is 0 Å². The van der Waals surface area contributed by atoms with Gasteiger partial charge in [0.25, 0.3) is 0 Å². The fraction of sp³-hybridized carbons (Fsp3) is 0.115. The summed E-state index contributed by atoms with van der Waals surface area (Å²) in [4.78, 5) is 21.6. The van der Waals surface area contributed by atoms with Gasteiger partial charge >= 0.3 is 6.03 Å². The van der Waals surface area contributed by atoms with E-state index >= 15 is 0 Å². The summed E-state index contributed by atoms with van der Waals surface area (Å²) in [7, 11) is 1.59. The highest BCUT2D eigenvalue weighted by atomic mass is 35.5. The SMILES string of the molecule is COc1cccc(NC(=O)Nc2ccc3cc2CCc2cccc(c2)Nc2ncc(Cl)c(n2)N3)c1. The summed E-state index contributed by atoms with van der Waals surface area (Å²) in [6.45, 7) is 0. The number of benzene rings is 3. The fourth-order valence-corrected chi connectivity index (χ4v) is 3.99. The van der Waals surface area contributed by atoms with Crippen molar-refractivity contribution in [2.45, 2.75) is 12.8 Å². The standard InChI is InChI=1S/C26H23ClN6O2/c1-35-21-7-3-6-19(14-21)31-26(34)32-23-11-10-20-13-17(23)9-8-16-4-2-5-18(12-16)30-25-28-15-22(27)24(29-20)33-25/h2-7,10-15H,8-9H2,1H3,(H2,31,32,34)(H2,28,29,30,33). The largest absolute Gasteiger partial charge is 0.497 e. The molecule has 0 radical (unpaired) electrons. The number of rotatable bonds is 3. The van der Waals surface area contributed by atoms with Crippen molar-refractivity contribution in [2.24, 2.45) is 0 Å². The predicted molar refractivity (Wildman–Crippen MR) is 140 cm³/mol. The summed E-state index contributed by atoms with van der Waals surface area (Å²) in [6.07, 6.45) is 3.05. The number of urea groups is 1. The molecule has 1 aliphatic rings. The number of amides is 2. The molecular weight excluding hydrogens is 464 g/mol. The third-order valence-electron chi connectivity index (χ3n) is 5.55. The Morgan fingerprint density at radius 2 is 1.83 bits per heavy atom. The van der Waals surface area contributed by atoms with Crippen LogP contribution in [0.5, 0.6) is 5.75 Å². The number of carbonyl (C=O) groups is 1. The van der Waals surface area contributed by atoms with Crippen LogP contribution in [0.4, 0.5) is 39.3 Å². The Labute approximate surface area is 207 Å². The van der Waals surface area contributed by atoms with Gasteiger partial charge in [-0.15, -0.1) is 0 Å². The van der Waals surface area contributed by atoms with Crippen molar-refractivity contribution in [2.75, 3.05) is 28.4 Å². The van der Waals surface area contributed by atoms with Crippen LogP contribution in [0.25, 0.3) is 0 Å². The van der Waals surface area contributed by atoms with E-state index in [1.807, 2.05) is 42.5 Å². The maximum absolute atomic E-state index is 12.8. The molecule has 5 rings (SSSR count). The third-order valence-corrected chi connectivity index (χ3v) is 5.83. The summed E-state index contributed by atoms with van der Waals surface area (Å²) < 4.78 is 5.23. The van der Waals surface area contributed by atoms with Crippen LogP contribution in [0.3, 0.4) is 0 Å². The number of fused-ring (bicyclic) bond motifs is 6. The topological polar surface area (TPSA) is 100 Å². The van der Waals surface area contributed by atoms with Gasteiger partial charge in [0.15, 0.2) is 5.82 Å². The summed E-state index contributed by atoms with van der Waals surface area (Å²) in [5.41, 5.74) is 5.16. The summed E-state index contributed by atoms with van der Waals surface area (Å²) in [5, 5.41) is 12.7. The van der Waals surface area contributed by atoms with Gasteiger partial charge in [0.2, 0.25) is 5.95 Å². The molecule has 0 unspecified atom stereocenters. The first kappa shape index (κ1) is 22.5. The van der Waals surface area contributed by atoms with Crippen LogP contribution in [0.1, 0.15) is 11.1 Å².